The second kappa shape index (κ2) is 6.06. The van der Waals surface area contributed by atoms with E-state index in [1.54, 1.807) is 23.1 Å². The van der Waals surface area contributed by atoms with Crippen LogP contribution in [0, 0.1) is 0 Å². The summed E-state index contributed by atoms with van der Waals surface area (Å²) in [7, 11) is 0. The summed E-state index contributed by atoms with van der Waals surface area (Å²) in [5.74, 6) is -0.133. The highest BCUT2D eigenvalue weighted by atomic mass is 35.5. The highest BCUT2D eigenvalue weighted by Gasteiger charge is 2.29. The number of anilines is 1. The number of halogens is 1. The van der Waals surface area contributed by atoms with Gasteiger partial charge in [-0.3, -0.25) is 9.59 Å². The number of amides is 2. The summed E-state index contributed by atoms with van der Waals surface area (Å²) >= 11 is 5.96. The van der Waals surface area contributed by atoms with Gasteiger partial charge in [0.2, 0.25) is 11.8 Å². The maximum Gasteiger partial charge on any atom is 0.249 e. The molecule has 1 fully saturated rings. The van der Waals surface area contributed by atoms with E-state index in [2.05, 4.69) is 5.32 Å². The molecule has 1 aromatic rings. The SMILES string of the molecule is CCCC1NC(=O)CCN(c2cccc(Cl)c2)C1=O. The lowest BCUT2D eigenvalue weighted by Gasteiger charge is -2.24. The minimum atomic E-state index is -0.431. The Morgan fingerprint density at radius 2 is 2.21 bits per heavy atom. The van der Waals surface area contributed by atoms with Crippen LogP contribution in [-0.2, 0) is 9.59 Å². The molecule has 1 heterocycles. The predicted octanol–water partition coefficient (Wildman–Crippen LogP) is 2.36. The summed E-state index contributed by atoms with van der Waals surface area (Å²) in [6.07, 6.45) is 1.82. The average Bonchev–Trinajstić information content (AvgIpc) is 2.51. The zero-order valence-electron chi connectivity index (χ0n) is 10.9. The number of rotatable bonds is 3. The number of nitrogens with one attached hydrogen (secondary N) is 1. The van der Waals surface area contributed by atoms with Gasteiger partial charge in [0.05, 0.1) is 0 Å². The Morgan fingerprint density at radius 3 is 2.89 bits per heavy atom. The maximum absolute atomic E-state index is 12.5. The summed E-state index contributed by atoms with van der Waals surface area (Å²) in [6.45, 7) is 2.39. The van der Waals surface area contributed by atoms with Crippen LogP contribution >= 0.6 is 11.6 Å². The smallest absolute Gasteiger partial charge is 0.249 e. The van der Waals surface area contributed by atoms with E-state index in [1.165, 1.54) is 0 Å². The minimum Gasteiger partial charge on any atom is -0.344 e. The summed E-state index contributed by atoms with van der Waals surface area (Å²) in [4.78, 5) is 25.7. The topological polar surface area (TPSA) is 49.4 Å². The van der Waals surface area contributed by atoms with E-state index in [-0.39, 0.29) is 11.8 Å². The Hall–Kier alpha value is -1.55. The van der Waals surface area contributed by atoms with Gasteiger partial charge in [-0.05, 0) is 24.6 Å². The summed E-state index contributed by atoms with van der Waals surface area (Å²) in [5.41, 5.74) is 0.745. The molecule has 4 nitrogen and oxygen atoms in total. The van der Waals surface area contributed by atoms with Crippen molar-refractivity contribution < 1.29 is 9.59 Å². The first-order valence-electron chi connectivity index (χ1n) is 6.48. The number of nitrogens with zero attached hydrogens (tertiary/aromatic N) is 1. The molecule has 1 aromatic carbocycles. The normalized spacial score (nSPS) is 20.1. The van der Waals surface area contributed by atoms with Crippen LogP contribution < -0.4 is 10.2 Å². The predicted molar refractivity (Wildman–Crippen MR) is 75.3 cm³/mol. The Morgan fingerprint density at radius 1 is 1.42 bits per heavy atom. The third kappa shape index (κ3) is 3.26. The minimum absolute atomic E-state index is 0.0602. The fourth-order valence-electron chi connectivity index (χ4n) is 2.22. The molecule has 5 heteroatoms. The quantitative estimate of drug-likeness (QED) is 0.924. The Balaban J connectivity index is 2.28. The monoisotopic (exact) mass is 280 g/mol. The Labute approximate surface area is 117 Å². The van der Waals surface area contributed by atoms with E-state index < -0.39 is 6.04 Å². The van der Waals surface area contributed by atoms with Gasteiger partial charge in [0, 0.05) is 23.7 Å². The molecule has 0 spiro atoms. The van der Waals surface area contributed by atoms with Crippen molar-refractivity contribution in [3.05, 3.63) is 29.3 Å². The van der Waals surface area contributed by atoms with Gasteiger partial charge in [-0.1, -0.05) is 31.0 Å². The fourth-order valence-corrected chi connectivity index (χ4v) is 2.41. The fraction of sp³-hybridized carbons (Fsp3) is 0.429. The second-order valence-electron chi connectivity index (χ2n) is 4.63. The van der Waals surface area contributed by atoms with Crippen molar-refractivity contribution in [1.29, 1.82) is 0 Å². The highest BCUT2D eigenvalue weighted by molar-refractivity contribution is 6.31. The van der Waals surface area contributed by atoms with Crippen molar-refractivity contribution in [3.63, 3.8) is 0 Å². The number of carbonyl (C=O) groups is 2. The number of benzene rings is 1. The first kappa shape index (κ1) is 13.9. The van der Waals surface area contributed by atoms with Crippen LogP contribution in [0.25, 0.3) is 0 Å². The van der Waals surface area contributed by atoms with E-state index in [9.17, 15) is 9.59 Å². The highest BCUT2D eigenvalue weighted by Crippen LogP contribution is 2.22. The van der Waals surface area contributed by atoms with Gasteiger partial charge in [-0.2, -0.15) is 0 Å². The first-order valence-corrected chi connectivity index (χ1v) is 6.86. The average molecular weight is 281 g/mol. The van der Waals surface area contributed by atoms with Crippen molar-refractivity contribution in [2.75, 3.05) is 11.4 Å². The van der Waals surface area contributed by atoms with Gasteiger partial charge in [0.15, 0.2) is 0 Å². The summed E-state index contributed by atoms with van der Waals surface area (Å²) in [6, 6.07) is 6.72. The van der Waals surface area contributed by atoms with E-state index >= 15 is 0 Å². The molecule has 0 bridgehead atoms. The van der Waals surface area contributed by atoms with E-state index in [4.69, 9.17) is 11.6 Å². The molecule has 19 heavy (non-hydrogen) atoms. The molecule has 0 aromatic heterocycles. The van der Waals surface area contributed by atoms with E-state index in [0.717, 1.165) is 12.1 Å². The summed E-state index contributed by atoms with van der Waals surface area (Å²) in [5, 5.41) is 3.36. The molecule has 1 unspecified atom stereocenters. The van der Waals surface area contributed by atoms with Crippen LogP contribution in [0.5, 0.6) is 0 Å². The molecule has 1 saturated heterocycles. The summed E-state index contributed by atoms with van der Waals surface area (Å²) < 4.78 is 0. The molecule has 1 aliphatic rings. The first-order chi connectivity index (χ1) is 9.11. The Kier molecular flexibility index (Phi) is 4.43. The van der Waals surface area contributed by atoms with Crippen molar-refractivity contribution in [2.45, 2.75) is 32.2 Å². The molecule has 1 aliphatic heterocycles. The van der Waals surface area contributed by atoms with Crippen LogP contribution in [0.1, 0.15) is 26.2 Å². The number of hydrogen-bond acceptors (Lipinski definition) is 2. The van der Waals surface area contributed by atoms with Gasteiger partial charge < -0.3 is 10.2 Å². The molecule has 0 aliphatic carbocycles. The third-order valence-corrected chi connectivity index (χ3v) is 3.39. The molecule has 102 valence electrons. The molecule has 0 radical (unpaired) electrons. The van der Waals surface area contributed by atoms with Crippen molar-refractivity contribution in [3.8, 4) is 0 Å². The van der Waals surface area contributed by atoms with Crippen molar-refractivity contribution in [1.82, 2.24) is 5.32 Å². The number of carbonyl (C=O) groups excluding carboxylic acids is 2. The number of hydrogen-bond donors (Lipinski definition) is 1. The van der Waals surface area contributed by atoms with E-state index in [1.807, 2.05) is 13.0 Å². The lowest BCUT2D eigenvalue weighted by Crippen LogP contribution is -2.44. The molecule has 1 N–H and O–H groups in total. The molecule has 2 amide bonds. The van der Waals surface area contributed by atoms with E-state index in [0.29, 0.717) is 24.4 Å². The van der Waals surface area contributed by atoms with Gasteiger partial charge in [-0.25, -0.2) is 0 Å². The van der Waals surface area contributed by atoms with Gasteiger partial charge in [0.1, 0.15) is 6.04 Å². The van der Waals surface area contributed by atoms with Crippen molar-refractivity contribution in [2.24, 2.45) is 0 Å². The standard InChI is InChI=1S/C14H17ClN2O2/c1-2-4-12-14(19)17(8-7-13(18)16-12)11-6-3-5-10(15)9-11/h3,5-6,9,12H,2,4,7-8H2,1H3,(H,16,18). The zero-order valence-corrected chi connectivity index (χ0v) is 11.6. The lowest BCUT2D eigenvalue weighted by atomic mass is 10.1. The molecule has 0 saturated carbocycles. The molecular weight excluding hydrogens is 264 g/mol. The van der Waals surface area contributed by atoms with Crippen molar-refractivity contribution >= 4 is 29.1 Å². The van der Waals surface area contributed by atoms with Gasteiger partial charge in [-0.15, -0.1) is 0 Å². The van der Waals surface area contributed by atoms with Crippen LogP contribution in [-0.4, -0.2) is 24.4 Å². The lowest BCUT2D eigenvalue weighted by molar-refractivity contribution is -0.125. The molecule has 1 atom stereocenters. The van der Waals surface area contributed by atoms with Crippen LogP contribution in [0.3, 0.4) is 0 Å². The Bertz CT molecular complexity index is 490. The van der Waals surface area contributed by atoms with Crippen LogP contribution in [0.4, 0.5) is 5.69 Å². The van der Waals surface area contributed by atoms with Gasteiger partial charge in [0.25, 0.3) is 0 Å². The van der Waals surface area contributed by atoms with Crippen LogP contribution in [0.2, 0.25) is 5.02 Å². The largest absolute Gasteiger partial charge is 0.344 e. The molecular formula is C14H17ClN2O2. The third-order valence-electron chi connectivity index (χ3n) is 3.16. The zero-order chi connectivity index (χ0) is 13.8. The van der Waals surface area contributed by atoms with Gasteiger partial charge >= 0.3 is 0 Å². The second-order valence-corrected chi connectivity index (χ2v) is 5.06. The maximum atomic E-state index is 12.5. The molecule has 2 rings (SSSR count). The van der Waals surface area contributed by atoms with Crippen LogP contribution in [0.15, 0.2) is 24.3 Å².